The summed E-state index contributed by atoms with van der Waals surface area (Å²) < 4.78 is 20.2. The van der Waals surface area contributed by atoms with Crippen LogP contribution in [-0.2, 0) is 30.9 Å². The number of aldehydes is 2. The predicted molar refractivity (Wildman–Crippen MR) is 231 cm³/mol. The Labute approximate surface area is 346 Å². The van der Waals surface area contributed by atoms with E-state index in [2.05, 4.69) is 36.4 Å². The number of benzene rings is 2. The Bertz CT molecular complexity index is 2930. The van der Waals surface area contributed by atoms with Crippen LogP contribution in [0.1, 0.15) is 52.4 Å². The molecule has 60 heavy (non-hydrogen) atoms. The maximum atomic E-state index is 12.3. The number of carbonyl (C=O) groups is 2. The van der Waals surface area contributed by atoms with Gasteiger partial charge >= 0.3 is 0 Å². The molecule has 0 spiro atoms. The molecule has 15 nitrogen and oxygen atoms in total. The van der Waals surface area contributed by atoms with Crippen LogP contribution in [0.3, 0.4) is 0 Å². The van der Waals surface area contributed by atoms with Crippen LogP contribution in [0.4, 0.5) is 0 Å². The van der Waals surface area contributed by atoms with E-state index in [0.717, 1.165) is 118 Å². The van der Waals surface area contributed by atoms with E-state index in [9.17, 15) is 9.59 Å². The van der Waals surface area contributed by atoms with Gasteiger partial charge in [0.1, 0.15) is 41.0 Å². The summed E-state index contributed by atoms with van der Waals surface area (Å²) in [5, 5.41) is 12.7. The van der Waals surface area contributed by atoms with Gasteiger partial charge in [0.25, 0.3) is 0 Å². The van der Waals surface area contributed by atoms with E-state index in [1.54, 1.807) is 0 Å². The zero-order valence-corrected chi connectivity index (χ0v) is 34.3. The van der Waals surface area contributed by atoms with Gasteiger partial charge < -0.3 is 18.6 Å². The normalized spacial score (nSPS) is 13.8. The number of morpholine rings is 1. The molecule has 0 saturated carbocycles. The average Bonchev–Trinajstić information content (AvgIpc) is 4.03. The second kappa shape index (κ2) is 16.6. The third kappa shape index (κ3) is 7.23. The van der Waals surface area contributed by atoms with Crippen molar-refractivity contribution in [2.45, 2.75) is 60.3 Å². The van der Waals surface area contributed by atoms with Crippen LogP contribution in [0.25, 0.3) is 66.9 Å². The Balaban J connectivity index is 1.12. The van der Waals surface area contributed by atoms with E-state index >= 15 is 0 Å². The van der Waals surface area contributed by atoms with Gasteiger partial charge in [-0.2, -0.15) is 10.2 Å². The Morgan fingerprint density at radius 1 is 0.717 bits per heavy atom. The summed E-state index contributed by atoms with van der Waals surface area (Å²) in [6.07, 6.45) is 10.5. The molecule has 1 aliphatic rings. The number of aryl methyl sites for hydroxylation is 4. The third-order valence-electron chi connectivity index (χ3n) is 11.2. The lowest BCUT2D eigenvalue weighted by molar-refractivity contribution is 0.0358. The van der Waals surface area contributed by atoms with Crippen molar-refractivity contribution in [2.75, 3.05) is 39.5 Å². The van der Waals surface area contributed by atoms with Crippen LogP contribution in [0.5, 0.6) is 5.75 Å². The molecule has 8 aromatic rings. The van der Waals surface area contributed by atoms with Crippen LogP contribution in [-0.4, -0.2) is 106 Å². The largest absolute Gasteiger partial charge is 0.491 e. The molecular weight excluding hydrogens is 759 g/mol. The zero-order chi connectivity index (χ0) is 41.3. The molecule has 0 unspecified atom stereocenters. The van der Waals surface area contributed by atoms with Gasteiger partial charge in [-0.15, -0.1) is 0 Å². The number of ether oxygens (including phenoxy) is 2. The van der Waals surface area contributed by atoms with E-state index in [4.69, 9.17) is 29.4 Å². The van der Waals surface area contributed by atoms with E-state index in [0.29, 0.717) is 61.3 Å². The summed E-state index contributed by atoms with van der Waals surface area (Å²) in [7, 11) is 0. The molecule has 1 fully saturated rings. The smallest absolute Gasteiger partial charge is 0.179 e. The highest BCUT2D eigenvalue weighted by atomic mass is 16.5. The number of hydrogen-bond donors (Lipinski definition) is 0. The maximum absolute atomic E-state index is 12.3. The molecule has 0 bridgehead atoms. The average molecular weight is 806 g/mol. The van der Waals surface area contributed by atoms with Crippen molar-refractivity contribution in [1.29, 1.82) is 0 Å². The van der Waals surface area contributed by atoms with E-state index in [1.165, 1.54) is 0 Å². The second-order valence-electron chi connectivity index (χ2n) is 15.1. The van der Waals surface area contributed by atoms with Crippen molar-refractivity contribution >= 4 is 56.4 Å². The molecule has 9 rings (SSSR count). The summed E-state index contributed by atoms with van der Waals surface area (Å²) in [6, 6.07) is 13.4. The summed E-state index contributed by atoms with van der Waals surface area (Å²) >= 11 is 0. The van der Waals surface area contributed by atoms with Crippen molar-refractivity contribution in [3.63, 3.8) is 0 Å². The zero-order valence-electron chi connectivity index (χ0n) is 34.3. The molecular formula is C45H47N11O4. The summed E-state index contributed by atoms with van der Waals surface area (Å²) in [5.41, 5.74) is 7.84. The number of hydrogen-bond acceptors (Lipinski definition) is 11. The maximum Gasteiger partial charge on any atom is 0.179 e. The first-order valence-electron chi connectivity index (χ1n) is 20.6. The fourth-order valence-corrected chi connectivity index (χ4v) is 8.32. The van der Waals surface area contributed by atoms with Gasteiger partial charge in [-0.3, -0.25) is 23.9 Å². The molecule has 306 valence electrons. The third-order valence-corrected chi connectivity index (χ3v) is 11.2. The van der Waals surface area contributed by atoms with Gasteiger partial charge in [0.2, 0.25) is 0 Å². The van der Waals surface area contributed by atoms with Crippen LogP contribution in [0, 0.1) is 13.8 Å². The highest BCUT2D eigenvalue weighted by Gasteiger charge is 2.21. The molecule has 1 aliphatic heterocycles. The van der Waals surface area contributed by atoms with E-state index < -0.39 is 0 Å². The topological polar surface area (TPSA) is 153 Å². The Morgan fingerprint density at radius 3 is 1.95 bits per heavy atom. The molecule has 7 heterocycles. The van der Waals surface area contributed by atoms with Gasteiger partial charge in [0, 0.05) is 90.9 Å². The molecule has 0 radical (unpaired) electrons. The highest BCUT2D eigenvalue weighted by Crippen LogP contribution is 2.37. The van der Waals surface area contributed by atoms with Gasteiger partial charge in [-0.25, -0.2) is 19.9 Å². The molecule has 2 aromatic carbocycles. The number of carbonyl (C=O) groups excluding carboxylic acids is 2. The fraction of sp³-hybridized carbons (Fsp3) is 0.333. The van der Waals surface area contributed by atoms with Crippen molar-refractivity contribution in [3.05, 3.63) is 89.5 Å². The Kier molecular flexibility index (Phi) is 10.8. The standard InChI is InChI=1S/C45H47N11O4/c1-5-55-38(20-29(3)50-55)42-46-25-35-33-22-31(27-57)10-11-37(33)53(44(35)48-42)13-7-8-14-54-41-34(36-26-47-43(49-45(36)54)39-21-30(4)51-56(39)6-2)23-32(28-58)24-40(41)60-17-9-12-52-15-18-59-19-16-52/h7-8,10-11,20-28H,5-6,9,12-19H2,1-4H3/b8-7+. The minimum absolute atomic E-state index is 0.453. The van der Waals surface area contributed by atoms with Gasteiger partial charge in [-0.1, -0.05) is 12.2 Å². The van der Waals surface area contributed by atoms with Gasteiger partial charge in [0.05, 0.1) is 42.2 Å². The lowest BCUT2D eigenvalue weighted by Crippen LogP contribution is -2.37. The first kappa shape index (κ1) is 38.9. The summed E-state index contributed by atoms with van der Waals surface area (Å²) in [4.78, 5) is 46.4. The number of rotatable bonds is 15. The molecule has 1 saturated heterocycles. The first-order valence-corrected chi connectivity index (χ1v) is 20.6. The molecule has 15 heteroatoms. The molecule has 0 atom stereocenters. The number of aromatic nitrogens is 10. The summed E-state index contributed by atoms with van der Waals surface area (Å²) in [6.45, 7) is 15.0. The number of fused-ring (bicyclic) bond motifs is 6. The number of nitrogens with zero attached hydrogens (tertiary/aromatic N) is 11. The predicted octanol–water partition coefficient (Wildman–Crippen LogP) is 6.85. The van der Waals surface area contributed by atoms with Crippen LogP contribution in [0.15, 0.2) is 67.0 Å². The lowest BCUT2D eigenvalue weighted by Gasteiger charge is -2.26. The molecule has 0 N–H and O–H groups in total. The van der Waals surface area contributed by atoms with Crippen molar-refractivity contribution in [2.24, 2.45) is 0 Å². The van der Waals surface area contributed by atoms with Crippen LogP contribution >= 0.6 is 0 Å². The minimum Gasteiger partial charge on any atom is -0.491 e. The minimum atomic E-state index is 0.453. The van der Waals surface area contributed by atoms with Crippen molar-refractivity contribution < 1.29 is 19.1 Å². The molecule has 0 aliphatic carbocycles. The van der Waals surface area contributed by atoms with Crippen molar-refractivity contribution in [3.8, 4) is 28.8 Å². The summed E-state index contributed by atoms with van der Waals surface area (Å²) in [5.74, 6) is 1.77. The molecule has 0 amide bonds. The second-order valence-corrected chi connectivity index (χ2v) is 15.1. The molecule has 6 aromatic heterocycles. The first-order chi connectivity index (χ1) is 29.4. The van der Waals surface area contributed by atoms with Crippen LogP contribution < -0.4 is 4.74 Å². The lowest BCUT2D eigenvalue weighted by atomic mass is 10.1. The quantitative estimate of drug-likeness (QED) is 0.0608. The van der Waals surface area contributed by atoms with Crippen LogP contribution in [0.2, 0.25) is 0 Å². The van der Waals surface area contributed by atoms with Gasteiger partial charge in [-0.05, 0) is 76.6 Å². The SMILES string of the molecule is CCn1nc(C)cc1-c1ncc2c3cc(C=O)ccc3n(C/C=C/Cn3c4nc(-c5cc(C)nn5CC)ncc4c4cc(C=O)cc(OCCCN5CCOCC5)c43)c2n1. The number of allylic oxidation sites excluding steroid dienone is 2. The monoisotopic (exact) mass is 805 g/mol. The van der Waals surface area contributed by atoms with Gasteiger partial charge in [0.15, 0.2) is 11.6 Å². The van der Waals surface area contributed by atoms with Crippen molar-refractivity contribution in [1.82, 2.24) is 53.5 Å². The Morgan fingerprint density at radius 2 is 1.32 bits per heavy atom. The van der Waals surface area contributed by atoms with E-state index in [1.807, 2.05) is 91.9 Å². The van der Waals surface area contributed by atoms with E-state index in [-0.39, 0.29) is 0 Å². The highest BCUT2D eigenvalue weighted by molar-refractivity contribution is 6.11. The Hall–Kier alpha value is -6.58. The fourth-order valence-electron chi connectivity index (χ4n) is 8.32.